The Hall–Kier alpha value is -3.57. The summed E-state index contributed by atoms with van der Waals surface area (Å²) in [6.07, 6.45) is 1.43. The van der Waals surface area contributed by atoms with Crippen LogP contribution >= 0.6 is 11.6 Å². The molecule has 0 aliphatic carbocycles. The van der Waals surface area contributed by atoms with Crippen molar-refractivity contribution >= 4 is 11.6 Å². The molecule has 0 fully saturated rings. The quantitative estimate of drug-likeness (QED) is 0.424. The first-order valence-corrected chi connectivity index (χ1v) is 9.74. The van der Waals surface area contributed by atoms with Crippen molar-refractivity contribution in [3.63, 3.8) is 0 Å². The lowest BCUT2D eigenvalue weighted by atomic mass is 9.99. The zero-order valence-corrected chi connectivity index (χ0v) is 17.0. The molecule has 4 aromatic rings. The van der Waals surface area contributed by atoms with Crippen LogP contribution in [0.5, 0.6) is 17.2 Å². The van der Waals surface area contributed by atoms with E-state index in [2.05, 4.69) is 5.10 Å². The van der Waals surface area contributed by atoms with E-state index in [1.807, 2.05) is 60.7 Å². The van der Waals surface area contributed by atoms with Crippen LogP contribution in [-0.2, 0) is 0 Å². The first kappa shape index (κ1) is 19.7. The van der Waals surface area contributed by atoms with Crippen molar-refractivity contribution in [1.82, 2.24) is 9.78 Å². The zero-order valence-electron chi connectivity index (χ0n) is 16.2. The number of benzene rings is 3. The molecule has 30 heavy (non-hydrogen) atoms. The predicted octanol–water partition coefficient (Wildman–Crippen LogP) is 5.34. The molecule has 3 aromatic carbocycles. The highest BCUT2D eigenvalue weighted by Crippen LogP contribution is 2.29. The molecule has 5 nitrogen and oxygen atoms in total. The van der Waals surface area contributed by atoms with Gasteiger partial charge in [0.1, 0.15) is 22.6 Å². The van der Waals surface area contributed by atoms with Crippen LogP contribution < -0.4 is 15.0 Å². The third-order valence-electron chi connectivity index (χ3n) is 4.67. The van der Waals surface area contributed by atoms with Gasteiger partial charge >= 0.3 is 5.56 Å². The molecule has 0 aliphatic rings. The minimum Gasteiger partial charge on any atom is -0.497 e. The average molecular weight is 419 g/mol. The molecule has 0 atom stereocenters. The summed E-state index contributed by atoms with van der Waals surface area (Å²) in [6, 6.07) is 25.9. The number of hydrogen-bond donors (Lipinski definition) is 0. The Morgan fingerprint density at radius 1 is 0.833 bits per heavy atom. The largest absolute Gasteiger partial charge is 0.497 e. The van der Waals surface area contributed by atoms with E-state index in [-0.39, 0.29) is 10.8 Å². The highest BCUT2D eigenvalue weighted by Gasteiger charge is 2.22. The summed E-state index contributed by atoms with van der Waals surface area (Å²) in [4.78, 5) is 13.4. The molecule has 0 amide bonds. The van der Waals surface area contributed by atoms with E-state index in [9.17, 15) is 4.79 Å². The Bertz CT molecular complexity index is 1140. The smallest absolute Gasteiger partial charge is 0.312 e. The molecule has 0 spiro atoms. The van der Waals surface area contributed by atoms with Crippen LogP contribution in [0.2, 0.25) is 5.02 Å². The molecule has 0 saturated heterocycles. The standard InChI is InChI=1S/C24H19ClN2O3/c1-29-19-12-14-20(15-13-19)30-23-21(25)16-26-27(24(23)28)22(17-8-4-2-5-9-17)18-10-6-3-7-11-18/h2-16,22H,1H3. The van der Waals surface area contributed by atoms with E-state index >= 15 is 0 Å². The Labute approximate surface area is 179 Å². The maximum absolute atomic E-state index is 13.4. The van der Waals surface area contributed by atoms with Crippen LogP contribution in [0.1, 0.15) is 17.2 Å². The molecular formula is C24H19ClN2O3. The van der Waals surface area contributed by atoms with Gasteiger partial charge in [-0.3, -0.25) is 4.79 Å². The summed E-state index contributed by atoms with van der Waals surface area (Å²) in [5.74, 6) is 1.19. The summed E-state index contributed by atoms with van der Waals surface area (Å²) in [5, 5.41) is 4.48. The SMILES string of the molecule is COc1ccc(Oc2c(Cl)cnn(C(c3ccccc3)c3ccccc3)c2=O)cc1. The van der Waals surface area contributed by atoms with Gasteiger partial charge in [0, 0.05) is 0 Å². The van der Waals surface area contributed by atoms with Crippen LogP contribution in [-0.4, -0.2) is 16.9 Å². The normalized spacial score (nSPS) is 10.8. The van der Waals surface area contributed by atoms with E-state index in [0.717, 1.165) is 11.1 Å². The molecule has 0 unspecified atom stereocenters. The van der Waals surface area contributed by atoms with Gasteiger partial charge in [-0.05, 0) is 35.4 Å². The maximum Gasteiger partial charge on any atom is 0.312 e. The van der Waals surface area contributed by atoms with Gasteiger partial charge in [-0.25, -0.2) is 4.68 Å². The highest BCUT2D eigenvalue weighted by molar-refractivity contribution is 6.31. The van der Waals surface area contributed by atoms with Crippen LogP contribution in [0.3, 0.4) is 0 Å². The van der Waals surface area contributed by atoms with Crippen molar-refractivity contribution in [2.45, 2.75) is 6.04 Å². The molecule has 0 aliphatic heterocycles. The Balaban J connectivity index is 1.81. The van der Waals surface area contributed by atoms with Crippen molar-refractivity contribution in [1.29, 1.82) is 0 Å². The third-order valence-corrected chi connectivity index (χ3v) is 4.94. The van der Waals surface area contributed by atoms with Gasteiger partial charge in [-0.15, -0.1) is 0 Å². The van der Waals surface area contributed by atoms with Crippen LogP contribution in [0, 0.1) is 0 Å². The lowest BCUT2D eigenvalue weighted by Gasteiger charge is -2.20. The molecule has 6 heteroatoms. The number of methoxy groups -OCH3 is 1. The lowest BCUT2D eigenvalue weighted by Crippen LogP contribution is -2.29. The van der Waals surface area contributed by atoms with Crippen molar-refractivity contribution < 1.29 is 9.47 Å². The number of rotatable bonds is 6. The molecule has 0 N–H and O–H groups in total. The van der Waals surface area contributed by atoms with Gasteiger partial charge in [-0.1, -0.05) is 72.3 Å². The van der Waals surface area contributed by atoms with Crippen LogP contribution in [0.25, 0.3) is 0 Å². The second kappa shape index (κ2) is 8.84. The molecule has 150 valence electrons. The van der Waals surface area contributed by atoms with E-state index in [1.165, 1.54) is 10.9 Å². The average Bonchev–Trinajstić information content (AvgIpc) is 2.80. The molecular weight excluding hydrogens is 400 g/mol. The van der Waals surface area contributed by atoms with E-state index in [0.29, 0.717) is 11.5 Å². The maximum atomic E-state index is 13.4. The summed E-state index contributed by atoms with van der Waals surface area (Å²) < 4.78 is 12.4. The van der Waals surface area contributed by atoms with Gasteiger partial charge in [0.15, 0.2) is 0 Å². The van der Waals surface area contributed by atoms with Gasteiger partial charge < -0.3 is 9.47 Å². The second-order valence-electron chi connectivity index (χ2n) is 6.57. The topological polar surface area (TPSA) is 53.4 Å². The number of halogens is 1. The van der Waals surface area contributed by atoms with Gasteiger partial charge in [0.2, 0.25) is 5.75 Å². The summed E-state index contributed by atoms with van der Waals surface area (Å²) >= 11 is 6.28. The number of aromatic nitrogens is 2. The molecule has 0 bridgehead atoms. The minimum absolute atomic E-state index is 0.0219. The van der Waals surface area contributed by atoms with Gasteiger partial charge in [-0.2, -0.15) is 5.10 Å². The van der Waals surface area contributed by atoms with Crippen molar-refractivity contribution in [2.24, 2.45) is 0 Å². The molecule has 0 radical (unpaired) electrons. The first-order chi connectivity index (χ1) is 14.7. The third kappa shape index (κ3) is 4.07. The van der Waals surface area contributed by atoms with Crippen molar-refractivity contribution in [3.05, 3.63) is 118 Å². The monoisotopic (exact) mass is 418 g/mol. The fraction of sp³-hybridized carbons (Fsp3) is 0.0833. The Kier molecular flexibility index (Phi) is 5.82. The van der Waals surface area contributed by atoms with E-state index < -0.39 is 11.6 Å². The Morgan fingerprint density at radius 2 is 1.37 bits per heavy atom. The highest BCUT2D eigenvalue weighted by atomic mass is 35.5. The summed E-state index contributed by atoms with van der Waals surface area (Å²) in [6.45, 7) is 0. The summed E-state index contributed by atoms with van der Waals surface area (Å²) in [7, 11) is 1.58. The zero-order chi connectivity index (χ0) is 20.9. The van der Waals surface area contributed by atoms with Crippen molar-refractivity contribution in [2.75, 3.05) is 7.11 Å². The minimum atomic E-state index is -0.421. The molecule has 4 rings (SSSR count). The molecule has 1 heterocycles. The van der Waals surface area contributed by atoms with Gasteiger partial charge in [0.05, 0.1) is 13.3 Å². The number of nitrogens with zero attached hydrogens (tertiary/aromatic N) is 2. The van der Waals surface area contributed by atoms with E-state index in [1.54, 1.807) is 31.4 Å². The first-order valence-electron chi connectivity index (χ1n) is 9.36. The number of ether oxygens (including phenoxy) is 2. The predicted molar refractivity (Wildman–Crippen MR) is 117 cm³/mol. The van der Waals surface area contributed by atoms with Gasteiger partial charge in [0.25, 0.3) is 0 Å². The van der Waals surface area contributed by atoms with Crippen molar-refractivity contribution in [3.8, 4) is 17.2 Å². The summed E-state index contributed by atoms with van der Waals surface area (Å²) in [5.41, 5.74) is 1.43. The van der Waals surface area contributed by atoms with E-state index in [4.69, 9.17) is 21.1 Å². The Morgan fingerprint density at radius 3 is 1.90 bits per heavy atom. The molecule has 1 aromatic heterocycles. The van der Waals surface area contributed by atoms with Crippen LogP contribution in [0.15, 0.2) is 95.9 Å². The number of hydrogen-bond acceptors (Lipinski definition) is 4. The van der Waals surface area contributed by atoms with Crippen LogP contribution in [0.4, 0.5) is 0 Å². The second-order valence-corrected chi connectivity index (χ2v) is 6.98. The fourth-order valence-electron chi connectivity index (χ4n) is 3.21. The fourth-order valence-corrected chi connectivity index (χ4v) is 3.38. The molecule has 0 saturated carbocycles. The lowest BCUT2D eigenvalue weighted by molar-refractivity contribution is 0.412.